The normalized spacial score (nSPS) is 11.2. The Kier molecular flexibility index (Phi) is 4.86. The molecule has 0 bridgehead atoms. The number of benzene rings is 1. The lowest BCUT2D eigenvalue weighted by atomic mass is 10.2. The molecule has 0 fully saturated rings. The molecule has 2 aromatic heterocycles. The van der Waals surface area contributed by atoms with Crippen molar-refractivity contribution in [2.45, 2.75) is 27.7 Å². The highest BCUT2D eigenvalue weighted by Gasteiger charge is 2.09. The highest BCUT2D eigenvalue weighted by molar-refractivity contribution is 6.30. The molecular weight excluding hydrogens is 334 g/mol. The minimum Gasteiger partial charge on any atom is -0.318 e. The monoisotopic (exact) mass is 353 g/mol. The van der Waals surface area contributed by atoms with E-state index in [-0.39, 0.29) is 0 Å². The lowest BCUT2D eigenvalue weighted by Crippen LogP contribution is -2.01. The first-order valence-electron chi connectivity index (χ1n) is 8.00. The van der Waals surface area contributed by atoms with Gasteiger partial charge in [-0.1, -0.05) is 11.6 Å². The summed E-state index contributed by atoms with van der Waals surface area (Å²) in [5, 5.41) is 5.01. The van der Waals surface area contributed by atoms with E-state index in [1.807, 2.05) is 44.2 Å². The lowest BCUT2D eigenvalue weighted by molar-refractivity contribution is 0.965. The lowest BCUT2D eigenvalue weighted by Gasteiger charge is -2.09. The molecule has 1 N–H and O–H groups in total. The number of hydrogen-bond donors (Lipinski definition) is 1. The number of aryl methyl sites for hydroxylation is 3. The quantitative estimate of drug-likeness (QED) is 0.551. The third kappa shape index (κ3) is 3.88. The summed E-state index contributed by atoms with van der Waals surface area (Å²) in [6.07, 6.45) is 1.79. The maximum Gasteiger partial charge on any atom is 0.243 e. The summed E-state index contributed by atoms with van der Waals surface area (Å²) in [5.41, 5.74) is 9.05. The van der Waals surface area contributed by atoms with E-state index >= 15 is 0 Å². The average Bonchev–Trinajstić information content (AvgIpc) is 2.82. The summed E-state index contributed by atoms with van der Waals surface area (Å²) < 4.78 is 2.17. The first-order valence-corrected chi connectivity index (χ1v) is 8.38. The van der Waals surface area contributed by atoms with Crippen molar-refractivity contribution in [1.29, 1.82) is 0 Å². The SMILES string of the molecule is Cc1cc(C)nc(NN=Cc2cc(C)n(-c3ccc(Cl)cc3)c2C)n1. The Labute approximate surface area is 152 Å². The van der Waals surface area contributed by atoms with Gasteiger partial charge in [0, 0.05) is 39.0 Å². The molecule has 0 spiro atoms. The van der Waals surface area contributed by atoms with Gasteiger partial charge in [-0.15, -0.1) is 0 Å². The minimum absolute atomic E-state index is 0.500. The first-order chi connectivity index (χ1) is 11.9. The second kappa shape index (κ2) is 7.07. The van der Waals surface area contributed by atoms with Gasteiger partial charge >= 0.3 is 0 Å². The molecule has 0 radical (unpaired) electrons. The van der Waals surface area contributed by atoms with Crippen LogP contribution in [-0.2, 0) is 0 Å². The molecule has 0 unspecified atom stereocenters. The van der Waals surface area contributed by atoms with Crippen molar-refractivity contribution in [3.05, 3.63) is 69.8 Å². The molecule has 5 nitrogen and oxygen atoms in total. The molecule has 0 saturated heterocycles. The standard InChI is InChI=1S/C19H20ClN5/c1-12-9-13(2)23-19(22-12)24-21-11-16-10-14(3)25(15(16)4)18-7-5-17(20)6-8-18/h5-11H,1-4H3,(H,22,23,24). The Hall–Kier alpha value is -2.66. The van der Waals surface area contributed by atoms with Crippen LogP contribution in [0.25, 0.3) is 5.69 Å². The summed E-state index contributed by atoms with van der Waals surface area (Å²) in [7, 11) is 0. The van der Waals surface area contributed by atoms with Crippen LogP contribution in [0.15, 0.2) is 41.5 Å². The van der Waals surface area contributed by atoms with E-state index in [2.05, 4.69) is 45.0 Å². The van der Waals surface area contributed by atoms with Crippen molar-refractivity contribution in [3.63, 3.8) is 0 Å². The largest absolute Gasteiger partial charge is 0.318 e. The van der Waals surface area contributed by atoms with Crippen molar-refractivity contribution in [3.8, 4) is 5.69 Å². The van der Waals surface area contributed by atoms with Crippen molar-refractivity contribution in [1.82, 2.24) is 14.5 Å². The highest BCUT2D eigenvalue weighted by atomic mass is 35.5. The Balaban J connectivity index is 1.84. The number of hydrogen-bond acceptors (Lipinski definition) is 4. The third-order valence-electron chi connectivity index (χ3n) is 3.91. The number of nitrogens with one attached hydrogen (secondary N) is 1. The molecule has 1 aromatic carbocycles. The molecule has 2 heterocycles. The van der Waals surface area contributed by atoms with Crippen LogP contribution in [0.3, 0.4) is 0 Å². The Morgan fingerprint density at radius 2 is 1.64 bits per heavy atom. The van der Waals surface area contributed by atoms with Gasteiger partial charge in [-0.25, -0.2) is 15.4 Å². The Morgan fingerprint density at radius 3 is 2.28 bits per heavy atom. The zero-order valence-electron chi connectivity index (χ0n) is 14.7. The summed E-state index contributed by atoms with van der Waals surface area (Å²) >= 11 is 5.98. The smallest absolute Gasteiger partial charge is 0.243 e. The second-order valence-electron chi connectivity index (χ2n) is 5.98. The molecule has 0 atom stereocenters. The molecule has 3 rings (SSSR count). The van der Waals surface area contributed by atoms with Gasteiger partial charge < -0.3 is 4.57 Å². The maximum atomic E-state index is 5.98. The van der Waals surface area contributed by atoms with Crippen LogP contribution in [0.4, 0.5) is 5.95 Å². The van der Waals surface area contributed by atoms with Crippen LogP contribution in [-0.4, -0.2) is 20.7 Å². The van der Waals surface area contributed by atoms with Crippen molar-refractivity contribution >= 4 is 23.8 Å². The van der Waals surface area contributed by atoms with Crippen LogP contribution in [0, 0.1) is 27.7 Å². The van der Waals surface area contributed by atoms with Crippen LogP contribution in [0.2, 0.25) is 5.02 Å². The number of anilines is 1. The first kappa shape index (κ1) is 17.2. The van der Waals surface area contributed by atoms with Gasteiger partial charge in [0.05, 0.1) is 6.21 Å². The van der Waals surface area contributed by atoms with Crippen molar-refractivity contribution < 1.29 is 0 Å². The van der Waals surface area contributed by atoms with E-state index in [1.165, 1.54) is 0 Å². The number of aromatic nitrogens is 3. The second-order valence-corrected chi connectivity index (χ2v) is 6.42. The van der Waals surface area contributed by atoms with E-state index in [0.29, 0.717) is 5.95 Å². The number of rotatable bonds is 4. The minimum atomic E-state index is 0.500. The molecular formula is C19H20ClN5. The Bertz CT molecular complexity index is 905. The fourth-order valence-corrected chi connectivity index (χ4v) is 2.97. The molecule has 25 heavy (non-hydrogen) atoms. The van der Waals surface area contributed by atoms with Gasteiger partial charge in [-0.3, -0.25) is 0 Å². The zero-order valence-corrected chi connectivity index (χ0v) is 15.5. The molecule has 6 heteroatoms. The molecule has 0 aliphatic carbocycles. The van der Waals surface area contributed by atoms with Crippen molar-refractivity contribution in [2.24, 2.45) is 5.10 Å². The van der Waals surface area contributed by atoms with Gasteiger partial charge in [-0.2, -0.15) is 5.10 Å². The average molecular weight is 354 g/mol. The van der Waals surface area contributed by atoms with Gasteiger partial charge in [0.15, 0.2) is 0 Å². The van der Waals surface area contributed by atoms with E-state index in [4.69, 9.17) is 11.6 Å². The molecule has 0 amide bonds. The fraction of sp³-hybridized carbons (Fsp3) is 0.211. The van der Waals surface area contributed by atoms with E-state index in [1.54, 1.807) is 6.21 Å². The molecule has 0 aliphatic rings. The molecule has 3 aromatic rings. The van der Waals surface area contributed by atoms with Crippen LogP contribution >= 0.6 is 11.6 Å². The highest BCUT2D eigenvalue weighted by Crippen LogP contribution is 2.21. The van der Waals surface area contributed by atoms with Gasteiger partial charge in [0.2, 0.25) is 5.95 Å². The van der Waals surface area contributed by atoms with Crippen molar-refractivity contribution in [2.75, 3.05) is 5.43 Å². The molecule has 0 aliphatic heterocycles. The van der Waals surface area contributed by atoms with E-state index in [9.17, 15) is 0 Å². The maximum absolute atomic E-state index is 5.98. The summed E-state index contributed by atoms with van der Waals surface area (Å²) in [5.74, 6) is 0.500. The number of hydrazone groups is 1. The van der Waals surface area contributed by atoms with Gasteiger partial charge in [-0.05, 0) is 64.1 Å². The number of nitrogens with zero attached hydrogens (tertiary/aromatic N) is 4. The summed E-state index contributed by atoms with van der Waals surface area (Å²) in [4.78, 5) is 8.63. The third-order valence-corrected chi connectivity index (χ3v) is 4.16. The summed E-state index contributed by atoms with van der Waals surface area (Å²) in [6, 6.07) is 11.8. The Morgan fingerprint density at radius 1 is 1.00 bits per heavy atom. The molecule has 128 valence electrons. The van der Waals surface area contributed by atoms with Crippen LogP contribution in [0.1, 0.15) is 28.3 Å². The van der Waals surface area contributed by atoms with E-state index in [0.717, 1.165) is 39.0 Å². The zero-order chi connectivity index (χ0) is 18.0. The molecule has 0 saturated carbocycles. The van der Waals surface area contributed by atoms with Crippen LogP contribution in [0.5, 0.6) is 0 Å². The van der Waals surface area contributed by atoms with E-state index < -0.39 is 0 Å². The topological polar surface area (TPSA) is 55.1 Å². The van der Waals surface area contributed by atoms with Crippen LogP contribution < -0.4 is 5.43 Å². The summed E-state index contributed by atoms with van der Waals surface area (Å²) in [6.45, 7) is 8.00. The van der Waals surface area contributed by atoms with Gasteiger partial charge in [0.1, 0.15) is 0 Å². The fourth-order valence-electron chi connectivity index (χ4n) is 2.84. The number of halogens is 1. The predicted octanol–water partition coefficient (Wildman–Crippen LogP) is 4.60. The van der Waals surface area contributed by atoms with Gasteiger partial charge in [0.25, 0.3) is 0 Å². The predicted molar refractivity (Wildman–Crippen MR) is 103 cm³/mol.